The molecule has 6 rings (SSSR count). The molecule has 3 heteroatoms. The van der Waals surface area contributed by atoms with Crippen LogP contribution < -0.4 is 0 Å². The number of nitrogens with zero attached hydrogens (tertiary/aromatic N) is 1. The van der Waals surface area contributed by atoms with E-state index >= 15 is 0 Å². The van der Waals surface area contributed by atoms with Gasteiger partial charge in [-0.15, -0.1) is 22.7 Å². The van der Waals surface area contributed by atoms with Crippen molar-refractivity contribution in [2.75, 3.05) is 0 Å². The maximum Gasteiger partial charge on any atom is 0.0880 e. The summed E-state index contributed by atoms with van der Waals surface area (Å²) < 4.78 is 2.59. The van der Waals surface area contributed by atoms with Crippen LogP contribution in [0.4, 0.5) is 0 Å². The van der Waals surface area contributed by atoms with E-state index < -0.39 is 0 Å². The van der Waals surface area contributed by atoms with Crippen LogP contribution in [0, 0.1) is 0 Å². The molecule has 0 amide bonds. The maximum absolute atomic E-state index is 4.87. The van der Waals surface area contributed by atoms with Crippen LogP contribution in [0.5, 0.6) is 0 Å². The minimum atomic E-state index is 0.0558. The average Bonchev–Trinajstić information content (AvgIpc) is 3.43. The summed E-state index contributed by atoms with van der Waals surface area (Å²) in [4.78, 5) is 6.16. The molecule has 0 bridgehead atoms. The quantitative estimate of drug-likeness (QED) is 0.257. The zero-order valence-electron chi connectivity index (χ0n) is 18.3. The van der Waals surface area contributed by atoms with Gasteiger partial charge in [0.05, 0.1) is 10.4 Å². The summed E-state index contributed by atoms with van der Waals surface area (Å²) in [7, 11) is 0. The van der Waals surface area contributed by atoms with Crippen LogP contribution in [0.1, 0.15) is 26.3 Å². The number of hydrogen-bond donors (Lipinski definition) is 0. The third kappa shape index (κ3) is 3.24. The highest BCUT2D eigenvalue weighted by Gasteiger charge is 2.20. The Morgan fingerprint density at radius 3 is 2.50 bits per heavy atom. The van der Waals surface area contributed by atoms with E-state index in [1.54, 1.807) is 11.3 Å². The SMILES string of the molecule is CC(C)(C)c1cc(-c2nccc3cc(-c4ccc5ccsc5c4)sc23)cc2ccccc12. The first-order valence-electron chi connectivity index (χ1n) is 10.9. The van der Waals surface area contributed by atoms with Gasteiger partial charge in [-0.1, -0.05) is 57.2 Å². The Bertz CT molecular complexity index is 1610. The van der Waals surface area contributed by atoms with Crippen LogP contribution in [-0.2, 0) is 5.41 Å². The Hall–Kier alpha value is -3.01. The molecule has 0 aliphatic carbocycles. The molecule has 3 heterocycles. The standard InChI is InChI=1S/C29H23NS2/c1-29(2,3)24-15-22(14-19-6-4-5-7-23(19)24)27-28-21(10-12-30-27)17-26(32-28)20-9-8-18-11-13-31-25(18)16-20/h4-17H,1-3H3. The van der Waals surface area contributed by atoms with Gasteiger partial charge < -0.3 is 0 Å². The molecule has 0 fully saturated rings. The van der Waals surface area contributed by atoms with Crippen molar-refractivity contribution < 1.29 is 0 Å². The smallest absolute Gasteiger partial charge is 0.0880 e. The third-order valence-corrected chi connectivity index (χ3v) is 8.20. The van der Waals surface area contributed by atoms with Gasteiger partial charge in [-0.2, -0.15) is 0 Å². The highest BCUT2D eigenvalue weighted by molar-refractivity contribution is 7.22. The molecule has 0 aliphatic heterocycles. The average molecular weight is 450 g/mol. The van der Waals surface area contributed by atoms with Crippen LogP contribution in [0.15, 0.2) is 84.4 Å². The molecular formula is C29H23NS2. The van der Waals surface area contributed by atoms with Crippen LogP contribution in [-0.4, -0.2) is 4.98 Å². The van der Waals surface area contributed by atoms with Gasteiger partial charge in [-0.25, -0.2) is 0 Å². The van der Waals surface area contributed by atoms with E-state index in [1.165, 1.54) is 52.5 Å². The normalized spacial score (nSPS) is 12.2. The fraction of sp³-hybridized carbons (Fsp3) is 0.138. The molecule has 3 aromatic heterocycles. The van der Waals surface area contributed by atoms with Crippen LogP contribution in [0.3, 0.4) is 0 Å². The van der Waals surface area contributed by atoms with E-state index in [1.807, 2.05) is 17.5 Å². The topological polar surface area (TPSA) is 12.9 Å². The van der Waals surface area contributed by atoms with Crippen molar-refractivity contribution in [1.82, 2.24) is 4.98 Å². The molecule has 0 unspecified atom stereocenters. The molecule has 156 valence electrons. The minimum absolute atomic E-state index is 0.0558. The summed E-state index contributed by atoms with van der Waals surface area (Å²) in [5.74, 6) is 0. The first-order chi connectivity index (χ1) is 15.5. The molecule has 0 aliphatic rings. The van der Waals surface area contributed by atoms with E-state index in [2.05, 4.69) is 98.9 Å². The van der Waals surface area contributed by atoms with E-state index in [4.69, 9.17) is 4.98 Å². The number of pyridine rings is 1. The van der Waals surface area contributed by atoms with E-state index in [-0.39, 0.29) is 5.41 Å². The van der Waals surface area contributed by atoms with Gasteiger partial charge in [0.2, 0.25) is 0 Å². The molecule has 0 saturated carbocycles. The molecule has 0 saturated heterocycles. The molecule has 0 atom stereocenters. The predicted molar refractivity (Wildman–Crippen MR) is 142 cm³/mol. The third-order valence-electron chi connectivity index (χ3n) is 6.12. The molecule has 32 heavy (non-hydrogen) atoms. The number of fused-ring (bicyclic) bond motifs is 3. The Kier molecular flexibility index (Phi) is 4.46. The summed E-state index contributed by atoms with van der Waals surface area (Å²) in [6.45, 7) is 6.86. The van der Waals surface area contributed by atoms with Gasteiger partial charge >= 0.3 is 0 Å². The van der Waals surface area contributed by atoms with E-state index in [0.29, 0.717) is 0 Å². The van der Waals surface area contributed by atoms with Crippen LogP contribution in [0.2, 0.25) is 0 Å². The lowest BCUT2D eigenvalue weighted by atomic mass is 9.82. The largest absolute Gasteiger partial charge is 0.255 e. The first-order valence-corrected chi connectivity index (χ1v) is 12.6. The Morgan fingerprint density at radius 2 is 1.62 bits per heavy atom. The molecule has 0 radical (unpaired) electrons. The number of thiophene rings is 2. The van der Waals surface area contributed by atoms with Crippen molar-refractivity contribution >= 4 is 53.6 Å². The highest BCUT2D eigenvalue weighted by atomic mass is 32.1. The monoisotopic (exact) mass is 449 g/mol. The number of hydrogen-bond acceptors (Lipinski definition) is 3. The molecule has 0 spiro atoms. The summed E-state index contributed by atoms with van der Waals surface area (Å²) >= 11 is 3.64. The molecule has 6 aromatic rings. The highest BCUT2D eigenvalue weighted by Crippen LogP contribution is 2.41. The Balaban J connectivity index is 1.56. The molecule has 0 N–H and O–H groups in total. The number of aromatic nitrogens is 1. The predicted octanol–water partition coefficient (Wildman–Crippen LogP) is 9.30. The second kappa shape index (κ2) is 7.26. The van der Waals surface area contributed by atoms with Gasteiger partial charge in [-0.3, -0.25) is 4.98 Å². The van der Waals surface area contributed by atoms with Gasteiger partial charge in [0, 0.05) is 21.3 Å². The number of benzene rings is 3. The maximum atomic E-state index is 4.87. The summed E-state index contributed by atoms with van der Waals surface area (Å²) in [6, 6.07) is 26.7. The van der Waals surface area contributed by atoms with Gasteiger partial charge in [0.25, 0.3) is 0 Å². The minimum Gasteiger partial charge on any atom is -0.255 e. The molecular weight excluding hydrogens is 426 g/mol. The van der Waals surface area contributed by atoms with E-state index in [0.717, 1.165) is 5.69 Å². The Morgan fingerprint density at radius 1 is 0.750 bits per heavy atom. The fourth-order valence-electron chi connectivity index (χ4n) is 4.49. The van der Waals surface area contributed by atoms with Crippen molar-refractivity contribution in [2.45, 2.75) is 26.2 Å². The second-order valence-corrected chi connectivity index (χ2v) is 11.4. The van der Waals surface area contributed by atoms with E-state index in [9.17, 15) is 0 Å². The zero-order valence-corrected chi connectivity index (χ0v) is 20.0. The number of rotatable bonds is 2. The first kappa shape index (κ1) is 19.7. The lowest BCUT2D eigenvalue weighted by Crippen LogP contribution is -2.12. The van der Waals surface area contributed by atoms with Crippen molar-refractivity contribution in [3.63, 3.8) is 0 Å². The van der Waals surface area contributed by atoms with Crippen LogP contribution >= 0.6 is 22.7 Å². The molecule has 1 nitrogen and oxygen atoms in total. The summed E-state index contributed by atoms with van der Waals surface area (Å²) in [6.07, 6.45) is 1.95. The van der Waals surface area contributed by atoms with Crippen LogP contribution in [0.25, 0.3) is 52.6 Å². The fourth-order valence-corrected chi connectivity index (χ4v) is 6.48. The van der Waals surface area contributed by atoms with Gasteiger partial charge in [0.15, 0.2) is 0 Å². The Labute approximate surface area is 196 Å². The lowest BCUT2D eigenvalue weighted by Gasteiger charge is -2.22. The van der Waals surface area contributed by atoms with Gasteiger partial charge in [0.1, 0.15) is 0 Å². The second-order valence-electron chi connectivity index (χ2n) is 9.36. The molecule has 3 aromatic carbocycles. The zero-order chi connectivity index (χ0) is 21.9. The van der Waals surface area contributed by atoms with Gasteiger partial charge in [-0.05, 0) is 79.9 Å². The summed E-state index contributed by atoms with van der Waals surface area (Å²) in [5, 5.41) is 7.33. The van der Waals surface area contributed by atoms with Crippen molar-refractivity contribution in [2.24, 2.45) is 0 Å². The van der Waals surface area contributed by atoms with Crippen molar-refractivity contribution in [3.8, 4) is 21.7 Å². The lowest BCUT2D eigenvalue weighted by molar-refractivity contribution is 0.596. The van der Waals surface area contributed by atoms with Crippen molar-refractivity contribution in [1.29, 1.82) is 0 Å². The van der Waals surface area contributed by atoms with Crippen molar-refractivity contribution in [3.05, 3.63) is 89.9 Å². The summed E-state index contributed by atoms with van der Waals surface area (Å²) in [5.41, 5.74) is 4.97.